The SMILES string of the molecule is COc1ccc(N2C(=O)[C@@H]3[C@@H](N=NN3CC(=O)Nc3cc(C)cc(C)c3)C2=O)cc1. The van der Waals surface area contributed by atoms with E-state index in [0.717, 1.165) is 16.0 Å². The van der Waals surface area contributed by atoms with Crippen LogP contribution < -0.4 is 15.0 Å². The standard InChI is InChI=1S/C21H21N5O4/c1-12-8-13(2)10-14(9-12)22-17(27)11-25-19-18(23-24-25)20(28)26(21(19)29)15-4-6-16(30-3)7-5-15/h4-10,18-19H,11H2,1-3H3,(H,22,27)/t18-,19+/m1/s1. The molecule has 0 aliphatic carbocycles. The van der Waals surface area contributed by atoms with Crippen LogP contribution in [0.3, 0.4) is 0 Å². The van der Waals surface area contributed by atoms with Crippen LogP contribution in [-0.4, -0.2) is 48.5 Å². The van der Waals surface area contributed by atoms with Crippen molar-refractivity contribution in [1.29, 1.82) is 0 Å². The minimum Gasteiger partial charge on any atom is -0.497 e. The molecule has 2 atom stereocenters. The van der Waals surface area contributed by atoms with Gasteiger partial charge in [0, 0.05) is 5.69 Å². The number of rotatable bonds is 5. The van der Waals surface area contributed by atoms with E-state index in [1.165, 1.54) is 12.1 Å². The molecule has 0 unspecified atom stereocenters. The topological polar surface area (TPSA) is 104 Å². The quantitative estimate of drug-likeness (QED) is 0.766. The second-order valence-electron chi connectivity index (χ2n) is 7.33. The minimum atomic E-state index is -0.950. The zero-order chi connectivity index (χ0) is 21.4. The fraction of sp³-hybridized carbons (Fsp3) is 0.286. The van der Waals surface area contributed by atoms with E-state index in [4.69, 9.17) is 4.74 Å². The maximum Gasteiger partial charge on any atom is 0.263 e. The van der Waals surface area contributed by atoms with Crippen molar-refractivity contribution >= 4 is 29.1 Å². The molecule has 154 valence electrons. The number of carbonyl (C=O) groups is 3. The molecule has 2 aromatic carbocycles. The molecule has 2 heterocycles. The first-order valence-electron chi connectivity index (χ1n) is 9.45. The molecule has 0 saturated carbocycles. The third kappa shape index (κ3) is 3.49. The van der Waals surface area contributed by atoms with Gasteiger partial charge in [0.15, 0.2) is 12.1 Å². The van der Waals surface area contributed by atoms with Crippen molar-refractivity contribution in [1.82, 2.24) is 5.01 Å². The third-order valence-corrected chi connectivity index (χ3v) is 5.00. The molecule has 1 fully saturated rings. The first-order chi connectivity index (χ1) is 14.4. The van der Waals surface area contributed by atoms with E-state index in [2.05, 4.69) is 15.7 Å². The molecule has 0 aromatic heterocycles. The molecule has 1 N–H and O–H groups in total. The van der Waals surface area contributed by atoms with Crippen LogP contribution in [0.2, 0.25) is 0 Å². The van der Waals surface area contributed by atoms with E-state index in [9.17, 15) is 14.4 Å². The van der Waals surface area contributed by atoms with Crippen molar-refractivity contribution in [2.24, 2.45) is 10.3 Å². The number of fused-ring (bicyclic) bond motifs is 1. The number of hydrogen-bond donors (Lipinski definition) is 1. The van der Waals surface area contributed by atoms with Gasteiger partial charge in [0.05, 0.1) is 12.8 Å². The molecule has 2 aromatic rings. The van der Waals surface area contributed by atoms with Crippen LogP contribution in [0.25, 0.3) is 0 Å². The maximum atomic E-state index is 13.0. The molecule has 0 radical (unpaired) electrons. The third-order valence-electron chi connectivity index (χ3n) is 5.00. The molecule has 3 amide bonds. The number of amides is 3. The number of nitrogens with one attached hydrogen (secondary N) is 1. The molecule has 4 rings (SSSR count). The Balaban J connectivity index is 1.48. The van der Waals surface area contributed by atoms with Crippen LogP contribution in [-0.2, 0) is 14.4 Å². The Labute approximate surface area is 173 Å². The highest BCUT2D eigenvalue weighted by molar-refractivity contribution is 6.25. The second-order valence-corrected chi connectivity index (χ2v) is 7.33. The highest BCUT2D eigenvalue weighted by Gasteiger charge is 2.55. The summed E-state index contributed by atoms with van der Waals surface area (Å²) in [4.78, 5) is 39.3. The second kappa shape index (κ2) is 7.58. The van der Waals surface area contributed by atoms with Gasteiger partial charge in [0.2, 0.25) is 5.91 Å². The number of carbonyl (C=O) groups excluding carboxylic acids is 3. The zero-order valence-corrected chi connectivity index (χ0v) is 16.8. The molecule has 1 saturated heterocycles. The fourth-order valence-electron chi connectivity index (χ4n) is 3.73. The van der Waals surface area contributed by atoms with Crippen LogP contribution in [0.1, 0.15) is 11.1 Å². The Kier molecular flexibility index (Phi) is 4.94. The Morgan fingerprint density at radius 1 is 1.07 bits per heavy atom. The average Bonchev–Trinajstić information content (AvgIpc) is 3.21. The maximum absolute atomic E-state index is 13.0. The lowest BCUT2D eigenvalue weighted by Gasteiger charge is -2.20. The van der Waals surface area contributed by atoms with Crippen molar-refractivity contribution in [3.63, 3.8) is 0 Å². The molecule has 9 nitrogen and oxygen atoms in total. The first kappa shape index (κ1) is 19.6. The monoisotopic (exact) mass is 407 g/mol. The number of benzene rings is 2. The highest BCUT2D eigenvalue weighted by Crippen LogP contribution is 2.32. The number of ether oxygens (including phenoxy) is 1. The van der Waals surface area contributed by atoms with Crippen molar-refractivity contribution in [3.8, 4) is 5.75 Å². The van der Waals surface area contributed by atoms with Gasteiger partial charge in [-0.2, -0.15) is 5.11 Å². The fourth-order valence-corrected chi connectivity index (χ4v) is 3.73. The van der Waals surface area contributed by atoms with E-state index >= 15 is 0 Å². The predicted octanol–water partition coefficient (Wildman–Crippen LogP) is 2.24. The number of nitrogens with zero attached hydrogens (tertiary/aromatic N) is 4. The summed E-state index contributed by atoms with van der Waals surface area (Å²) in [5.74, 6) is -0.652. The summed E-state index contributed by atoms with van der Waals surface area (Å²) in [6.07, 6.45) is 0. The predicted molar refractivity (Wildman–Crippen MR) is 109 cm³/mol. The van der Waals surface area contributed by atoms with E-state index < -0.39 is 23.9 Å². The summed E-state index contributed by atoms with van der Waals surface area (Å²) in [5, 5.41) is 11.9. The van der Waals surface area contributed by atoms with E-state index in [-0.39, 0.29) is 12.5 Å². The highest BCUT2D eigenvalue weighted by atomic mass is 16.5. The van der Waals surface area contributed by atoms with Crippen LogP contribution in [0.5, 0.6) is 5.75 Å². The molecule has 2 aliphatic heterocycles. The summed E-state index contributed by atoms with van der Waals surface area (Å²) in [6, 6.07) is 10.4. The van der Waals surface area contributed by atoms with Crippen LogP contribution in [0.4, 0.5) is 11.4 Å². The van der Waals surface area contributed by atoms with Gasteiger partial charge >= 0.3 is 0 Å². The van der Waals surface area contributed by atoms with Crippen LogP contribution >= 0.6 is 0 Å². The van der Waals surface area contributed by atoms with Gasteiger partial charge in [-0.25, -0.2) is 4.90 Å². The largest absolute Gasteiger partial charge is 0.497 e. The summed E-state index contributed by atoms with van der Waals surface area (Å²) >= 11 is 0. The number of anilines is 2. The summed E-state index contributed by atoms with van der Waals surface area (Å²) in [5.41, 5.74) is 3.14. The lowest BCUT2D eigenvalue weighted by Crippen LogP contribution is -2.43. The van der Waals surface area contributed by atoms with Crippen LogP contribution in [0, 0.1) is 13.8 Å². The van der Waals surface area contributed by atoms with Gasteiger partial charge in [-0.1, -0.05) is 11.3 Å². The van der Waals surface area contributed by atoms with Gasteiger partial charge in [-0.05, 0) is 61.4 Å². The summed E-state index contributed by atoms with van der Waals surface area (Å²) < 4.78 is 5.11. The van der Waals surface area contributed by atoms with Gasteiger partial charge in [0.1, 0.15) is 12.3 Å². The molecule has 9 heteroatoms. The Bertz CT molecular complexity index is 1030. The van der Waals surface area contributed by atoms with E-state index in [1.807, 2.05) is 32.0 Å². The van der Waals surface area contributed by atoms with Crippen molar-refractivity contribution in [2.75, 3.05) is 23.9 Å². The van der Waals surface area contributed by atoms with Gasteiger partial charge in [-0.15, -0.1) is 0 Å². The number of aryl methyl sites for hydroxylation is 2. The zero-order valence-electron chi connectivity index (χ0n) is 16.8. The van der Waals surface area contributed by atoms with E-state index in [0.29, 0.717) is 17.1 Å². The molecule has 0 bridgehead atoms. The number of methoxy groups -OCH3 is 1. The lowest BCUT2D eigenvalue weighted by molar-refractivity contribution is -0.123. The molecule has 0 spiro atoms. The molecule has 30 heavy (non-hydrogen) atoms. The molecule has 2 aliphatic rings. The van der Waals surface area contributed by atoms with Crippen molar-refractivity contribution < 1.29 is 19.1 Å². The minimum absolute atomic E-state index is 0.187. The van der Waals surface area contributed by atoms with Gasteiger partial charge in [-0.3, -0.25) is 19.4 Å². The normalized spacial score (nSPS) is 20.0. The summed E-state index contributed by atoms with van der Waals surface area (Å²) in [6.45, 7) is 3.70. The van der Waals surface area contributed by atoms with Crippen molar-refractivity contribution in [2.45, 2.75) is 25.9 Å². The Morgan fingerprint density at radius 2 is 1.73 bits per heavy atom. The molecular weight excluding hydrogens is 386 g/mol. The van der Waals surface area contributed by atoms with Crippen LogP contribution in [0.15, 0.2) is 52.8 Å². The number of imide groups is 1. The average molecular weight is 407 g/mol. The van der Waals surface area contributed by atoms with E-state index in [1.54, 1.807) is 24.3 Å². The van der Waals surface area contributed by atoms with Gasteiger partial charge < -0.3 is 10.1 Å². The Hall–Kier alpha value is -3.75. The lowest BCUT2D eigenvalue weighted by atomic mass is 10.1. The first-order valence-corrected chi connectivity index (χ1v) is 9.45. The number of hydrogen-bond acceptors (Lipinski definition) is 7. The Morgan fingerprint density at radius 3 is 2.37 bits per heavy atom. The summed E-state index contributed by atoms with van der Waals surface area (Å²) in [7, 11) is 1.53. The smallest absolute Gasteiger partial charge is 0.263 e. The van der Waals surface area contributed by atoms with Gasteiger partial charge in [0.25, 0.3) is 11.8 Å². The van der Waals surface area contributed by atoms with Crippen molar-refractivity contribution in [3.05, 3.63) is 53.6 Å². The molecular formula is C21H21N5O4.